The molecule has 34 heavy (non-hydrogen) atoms. The highest BCUT2D eigenvalue weighted by atomic mass is 35.5. The molecule has 2 amide bonds. The van der Waals surface area contributed by atoms with Gasteiger partial charge in [0, 0.05) is 51.1 Å². The second-order valence-corrected chi connectivity index (χ2v) is 9.92. The van der Waals surface area contributed by atoms with Crippen molar-refractivity contribution in [3.05, 3.63) is 58.6 Å². The normalized spacial score (nSPS) is 18.1. The van der Waals surface area contributed by atoms with Gasteiger partial charge in [-0.3, -0.25) is 9.59 Å². The van der Waals surface area contributed by atoms with Gasteiger partial charge >= 0.3 is 0 Å². The van der Waals surface area contributed by atoms with Crippen LogP contribution in [0.1, 0.15) is 54.4 Å². The number of nitrogens with zero attached hydrogens (tertiary/aromatic N) is 2. The molecule has 0 spiro atoms. The molecule has 2 aliphatic rings. The summed E-state index contributed by atoms with van der Waals surface area (Å²) in [5.74, 6) is 0.0606. The van der Waals surface area contributed by atoms with Gasteiger partial charge in [-0.1, -0.05) is 36.6 Å². The zero-order valence-corrected chi connectivity index (χ0v) is 20.8. The molecular formula is C27H34ClN3O3. The fraction of sp³-hybridized carbons (Fsp3) is 0.481. The summed E-state index contributed by atoms with van der Waals surface area (Å²) >= 11 is 6.37. The maximum absolute atomic E-state index is 13.6. The lowest BCUT2D eigenvalue weighted by Gasteiger charge is -2.28. The van der Waals surface area contributed by atoms with Crippen LogP contribution in [0.25, 0.3) is 0 Å². The van der Waals surface area contributed by atoms with E-state index in [1.807, 2.05) is 54.2 Å². The SMILES string of the molecule is CN(C)c1ccc(NC(=O)C2CCCC2)cc1CN(CC1CCCO1)C(=O)c1ccccc1Cl. The van der Waals surface area contributed by atoms with Gasteiger partial charge in [0.1, 0.15) is 0 Å². The molecule has 1 saturated heterocycles. The van der Waals surface area contributed by atoms with Crippen LogP contribution in [0.4, 0.5) is 11.4 Å². The summed E-state index contributed by atoms with van der Waals surface area (Å²) < 4.78 is 5.85. The molecule has 7 heteroatoms. The Morgan fingerprint density at radius 1 is 1.06 bits per heavy atom. The molecular weight excluding hydrogens is 450 g/mol. The van der Waals surface area contributed by atoms with Crippen LogP contribution in [0.5, 0.6) is 0 Å². The van der Waals surface area contributed by atoms with Crippen LogP contribution in [-0.2, 0) is 16.1 Å². The molecule has 1 atom stereocenters. The van der Waals surface area contributed by atoms with Crippen LogP contribution in [-0.4, -0.2) is 50.1 Å². The van der Waals surface area contributed by atoms with Crippen molar-refractivity contribution in [2.45, 2.75) is 51.2 Å². The third-order valence-corrected chi connectivity index (χ3v) is 7.09. The summed E-state index contributed by atoms with van der Waals surface area (Å²) in [6.45, 7) is 1.62. The summed E-state index contributed by atoms with van der Waals surface area (Å²) in [6.07, 6.45) is 6.09. The zero-order valence-electron chi connectivity index (χ0n) is 20.1. The molecule has 182 valence electrons. The van der Waals surface area contributed by atoms with Crippen molar-refractivity contribution in [2.75, 3.05) is 37.5 Å². The van der Waals surface area contributed by atoms with Crippen molar-refractivity contribution < 1.29 is 14.3 Å². The number of amides is 2. The molecule has 1 aliphatic heterocycles. The first-order valence-corrected chi connectivity index (χ1v) is 12.6. The van der Waals surface area contributed by atoms with E-state index in [2.05, 4.69) is 5.32 Å². The Bertz CT molecular complexity index is 1010. The standard InChI is InChI=1S/C27H34ClN3O3/c1-30(2)25-14-13-21(29-26(32)19-8-3-4-9-19)16-20(25)17-31(18-22-10-7-15-34-22)27(33)23-11-5-6-12-24(23)28/h5-6,11-14,16,19,22H,3-4,7-10,15,17-18H2,1-2H3,(H,29,32). The van der Waals surface area contributed by atoms with Gasteiger partial charge in [0.25, 0.3) is 5.91 Å². The third kappa shape index (κ3) is 5.91. The molecule has 1 saturated carbocycles. The van der Waals surface area contributed by atoms with E-state index < -0.39 is 0 Å². The van der Waals surface area contributed by atoms with Crippen molar-refractivity contribution in [3.63, 3.8) is 0 Å². The van der Waals surface area contributed by atoms with E-state index in [1.165, 1.54) is 0 Å². The molecule has 2 aromatic carbocycles. The Kier molecular flexibility index (Phi) is 8.11. The number of halogens is 1. The van der Waals surface area contributed by atoms with Crippen molar-refractivity contribution in [2.24, 2.45) is 5.92 Å². The van der Waals surface area contributed by atoms with Gasteiger partial charge < -0.3 is 19.9 Å². The van der Waals surface area contributed by atoms with Crippen molar-refractivity contribution >= 4 is 34.8 Å². The molecule has 0 radical (unpaired) electrons. The van der Waals surface area contributed by atoms with Crippen molar-refractivity contribution in [1.82, 2.24) is 4.90 Å². The van der Waals surface area contributed by atoms with Gasteiger partial charge in [0.05, 0.1) is 16.7 Å². The maximum atomic E-state index is 13.6. The molecule has 2 fully saturated rings. The highest BCUT2D eigenvalue weighted by Crippen LogP contribution is 2.29. The van der Waals surface area contributed by atoms with Crippen LogP contribution in [0, 0.1) is 5.92 Å². The molecule has 4 rings (SSSR count). The molecule has 6 nitrogen and oxygen atoms in total. The maximum Gasteiger partial charge on any atom is 0.255 e. The first-order chi connectivity index (χ1) is 16.4. The molecule has 1 N–H and O–H groups in total. The van der Waals surface area contributed by atoms with Crippen LogP contribution >= 0.6 is 11.6 Å². The van der Waals surface area contributed by atoms with Gasteiger partial charge in [-0.2, -0.15) is 0 Å². The van der Waals surface area contributed by atoms with Crippen LogP contribution in [0.3, 0.4) is 0 Å². The lowest BCUT2D eigenvalue weighted by atomic mass is 10.1. The summed E-state index contributed by atoms with van der Waals surface area (Å²) in [7, 11) is 3.96. The number of carbonyl (C=O) groups is 2. The van der Waals surface area contributed by atoms with Gasteiger partial charge in [-0.25, -0.2) is 0 Å². The van der Waals surface area contributed by atoms with Crippen molar-refractivity contribution in [1.29, 1.82) is 0 Å². The zero-order chi connectivity index (χ0) is 24.1. The molecule has 1 unspecified atom stereocenters. The number of anilines is 2. The number of hydrogen-bond donors (Lipinski definition) is 1. The van der Waals surface area contributed by atoms with E-state index in [1.54, 1.807) is 12.1 Å². The Hall–Kier alpha value is -2.57. The minimum atomic E-state index is -0.119. The highest BCUT2D eigenvalue weighted by Gasteiger charge is 2.26. The number of hydrogen-bond acceptors (Lipinski definition) is 4. The summed E-state index contributed by atoms with van der Waals surface area (Å²) in [5.41, 5.74) is 3.22. The minimum Gasteiger partial charge on any atom is -0.377 e. The van der Waals surface area contributed by atoms with E-state index in [9.17, 15) is 9.59 Å². The number of rotatable bonds is 8. The predicted octanol–water partition coefficient (Wildman–Crippen LogP) is 5.36. The Morgan fingerprint density at radius 2 is 1.82 bits per heavy atom. The van der Waals surface area contributed by atoms with Crippen LogP contribution in [0.15, 0.2) is 42.5 Å². The number of ether oxygens (including phenoxy) is 1. The Morgan fingerprint density at radius 3 is 2.50 bits per heavy atom. The molecule has 0 aromatic heterocycles. The lowest BCUT2D eigenvalue weighted by molar-refractivity contribution is -0.119. The van der Waals surface area contributed by atoms with E-state index in [-0.39, 0.29) is 23.8 Å². The molecule has 2 aromatic rings. The molecule has 1 aliphatic carbocycles. The van der Waals surface area contributed by atoms with E-state index in [0.717, 1.165) is 62.1 Å². The topological polar surface area (TPSA) is 61.9 Å². The summed E-state index contributed by atoms with van der Waals surface area (Å²) in [6, 6.07) is 13.1. The number of benzene rings is 2. The van der Waals surface area contributed by atoms with Gasteiger partial charge in [-0.05, 0) is 61.6 Å². The van der Waals surface area contributed by atoms with Crippen LogP contribution in [0.2, 0.25) is 5.02 Å². The fourth-order valence-corrected chi connectivity index (χ4v) is 5.14. The molecule has 0 bridgehead atoms. The predicted molar refractivity (Wildman–Crippen MR) is 137 cm³/mol. The second-order valence-electron chi connectivity index (χ2n) is 9.51. The molecule has 1 heterocycles. The van der Waals surface area contributed by atoms with E-state index in [4.69, 9.17) is 16.3 Å². The lowest BCUT2D eigenvalue weighted by Crippen LogP contribution is -2.37. The first-order valence-electron chi connectivity index (χ1n) is 12.2. The number of carbonyl (C=O) groups excluding carboxylic acids is 2. The summed E-state index contributed by atoms with van der Waals surface area (Å²) in [4.78, 5) is 30.1. The highest BCUT2D eigenvalue weighted by molar-refractivity contribution is 6.33. The number of nitrogens with one attached hydrogen (secondary N) is 1. The largest absolute Gasteiger partial charge is 0.377 e. The second kappa shape index (κ2) is 11.2. The van der Waals surface area contributed by atoms with Crippen LogP contribution < -0.4 is 10.2 Å². The fourth-order valence-electron chi connectivity index (χ4n) is 4.92. The summed E-state index contributed by atoms with van der Waals surface area (Å²) in [5, 5.41) is 3.54. The average molecular weight is 484 g/mol. The third-order valence-electron chi connectivity index (χ3n) is 6.76. The minimum absolute atomic E-state index is 0.0134. The average Bonchev–Trinajstić information content (AvgIpc) is 3.53. The van der Waals surface area contributed by atoms with E-state index in [0.29, 0.717) is 23.7 Å². The van der Waals surface area contributed by atoms with Crippen molar-refractivity contribution in [3.8, 4) is 0 Å². The Labute approximate surface area is 207 Å². The van der Waals surface area contributed by atoms with Gasteiger partial charge in [0.15, 0.2) is 0 Å². The quantitative estimate of drug-likeness (QED) is 0.549. The Balaban J connectivity index is 1.60. The van der Waals surface area contributed by atoms with E-state index >= 15 is 0 Å². The first kappa shape index (κ1) is 24.6. The van der Waals surface area contributed by atoms with Gasteiger partial charge in [0.2, 0.25) is 5.91 Å². The monoisotopic (exact) mass is 483 g/mol. The smallest absolute Gasteiger partial charge is 0.255 e. The van der Waals surface area contributed by atoms with Gasteiger partial charge in [-0.15, -0.1) is 0 Å².